The minimum Gasteiger partial charge on any atom is -0.489 e. The standard InChI is InChI=1S/C27H37N3O4/c1-18-6-4-14-29(15-5-7-18)22-8-2-3-9-24(22)34-20-10-11-21-19(16-20)17-30(27(21)33)23-12-13-25(31)28-26(23)32/h10-11,16,18,22-24H,2-9,12-15,17H2,1H3,(H,28,31,32). The van der Waals surface area contributed by atoms with Crippen LogP contribution in [0.1, 0.15) is 87.1 Å². The minimum atomic E-state index is -0.584. The Morgan fingerprint density at radius 3 is 2.47 bits per heavy atom. The van der Waals surface area contributed by atoms with Crippen molar-refractivity contribution in [3.8, 4) is 5.75 Å². The third-order valence-electron chi connectivity index (χ3n) is 8.20. The largest absolute Gasteiger partial charge is 0.489 e. The molecule has 34 heavy (non-hydrogen) atoms. The summed E-state index contributed by atoms with van der Waals surface area (Å²) in [6, 6.07) is 5.61. The molecule has 1 aromatic carbocycles. The molecule has 3 amide bonds. The van der Waals surface area contributed by atoms with Gasteiger partial charge in [0.1, 0.15) is 17.9 Å². The van der Waals surface area contributed by atoms with Gasteiger partial charge in [-0.25, -0.2) is 0 Å². The Kier molecular flexibility index (Phi) is 6.91. The second kappa shape index (κ2) is 10.1. The van der Waals surface area contributed by atoms with Gasteiger partial charge in [-0.1, -0.05) is 13.3 Å². The van der Waals surface area contributed by atoms with E-state index in [2.05, 4.69) is 17.1 Å². The predicted molar refractivity (Wildman–Crippen MR) is 128 cm³/mol. The van der Waals surface area contributed by atoms with Gasteiger partial charge in [-0.3, -0.25) is 24.6 Å². The normalized spacial score (nSPS) is 29.4. The van der Waals surface area contributed by atoms with Crippen LogP contribution in [0.3, 0.4) is 0 Å². The predicted octanol–water partition coefficient (Wildman–Crippen LogP) is 3.65. The fraction of sp³-hybridized carbons (Fsp3) is 0.667. The Morgan fingerprint density at radius 1 is 0.941 bits per heavy atom. The second-order valence-electron chi connectivity index (χ2n) is 10.7. The van der Waals surface area contributed by atoms with E-state index >= 15 is 0 Å². The number of hydrogen-bond donors (Lipinski definition) is 1. The van der Waals surface area contributed by atoms with Crippen LogP contribution in [0, 0.1) is 5.92 Å². The molecular weight excluding hydrogens is 430 g/mol. The van der Waals surface area contributed by atoms with E-state index in [9.17, 15) is 14.4 Å². The van der Waals surface area contributed by atoms with Crippen LogP contribution in [0.25, 0.3) is 0 Å². The molecule has 7 heteroatoms. The first-order valence-corrected chi connectivity index (χ1v) is 13.2. The number of carbonyl (C=O) groups is 3. The van der Waals surface area contributed by atoms with Gasteiger partial charge in [-0.15, -0.1) is 0 Å². The number of carbonyl (C=O) groups excluding carboxylic acids is 3. The first-order chi connectivity index (χ1) is 16.5. The Hall–Kier alpha value is -2.41. The molecule has 3 unspecified atom stereocenters. The highest BCUT2D eigenvalue weighted by Crippen LogP contribution is 2.33. The molecule has 7 nitrogen and oxygen atoms in total. The number of nitrogens with one attached hydrogen (secondary N) is 1. The number of likely N-dealkylation sites (tertiary alicyclic amines) is 1. The summed E-state index contributed by atoms with van der Waals surface area (Å²) >= 11 is 0. The summed E-state index contributed by atoms with van der Waals surface area (Å²) in [7, 11) is 0. The summed E-state index contributed by atoms with van der Waals surface area (Å²) in [6.07, 6.45) is 10.7. The number of ether oxygens (including phenoxy) is 1. The number of fused-ring (bicyclic) bond motifs is 1. The average molecular weight is 468 g/mol. The summed E-state index contributed by atoms with van der Waals surface area (Å²) in [4.78, 5) is 41.1. The molecular formula is C27H37N3O4. The summed E-state index contributed by atoms with van der Waals surface area (Å²) in [5.74, 6) is 0.879. The first kappa shape index (κ1) is 23.3. The summed E-state index contributed by atoms with van der Waals surface area (Å²) < 4.78 is 6.60. The molecule has 5 rings (SSSR count). The van der Waals surface area contributed by atoms with E-state index in [0.717, 1.165) is 36.7 Å². The van der Waals surface area contributed by atoms with Crippen molar-refractivity contribution in [2.24, 2.45) is 5.92 Å². The van der Waals surface area contributed by atoms with E-state index in [4.69, 9.17) is 4.74 Å². The molecule has 1 N–H and O–H groups in total. The molecule has 3 heterocycles. The van der Waals surface area contributed by atoms with Crippen molar-refractivity contribution in [3.63, 3.8) is 0 Å². The Bertz CT molecular complexity index is 938. The molecule has 2 saturated heterocycles. The fourth-order valence-electron chi connectivity index (χ4n) is 6.30. The SMILES string of the molecule is CC1CCCN(C2CCCCC2Oc2ccc3c(c2)CN(C2CCC(=O)NC2=O)C3=O)CCC1. The molecule has 3 aliphatic heterocycles. The van der Waals surface area contributed by atoms with Crippen molar-refractivity contribution in [2.75, 3.05) is 13.1 Å². The molecule has 1 aliphatic carbocycles. The smallest absolute Gasteiger partial charge is 0.255 e. The number of hydrogen-bond acceptors (Lipinski definition) is 5. The maximum absolute atomic E-state index is 13.0. The van der Waals surface area contributed by atoms with Gasteiger partial charge in [-0.05, 0) is 94.1 Å². The highest BCUT2D eigenvalue weighted by atomic mass is 16.5. The highest BCUT2D eigenvalue weighted by Gasteiger charge is 2.39. The number of rotatable bonds is 4. The molecule has 0 spiro atoms. The van der Waals surface area contributed by atoms with Gasteiger partial charge in [0.05, 0.1) is 0 Å². The molecule has 3 atom stereocenters. The highest BCUT2D eigenvalue weighted by molar-refractivity contribution is 6.05. The van der Waals surface area contributed by atoms with E-state index in [-0.39, 0.29) is 30.2 Å². The number of benzene rings is 1. The van der Waals surface area contributed by atoms with E-state index < -0.39 is 6.04 Å². The Labute approximate surface area is 202 Å². The fourth-order valence-corrected chi connectivity index (χ4v) is 6.30. The maximum atomic E-state index is 13.0. The summed E-state index contributed by atoms with van der Waals surface area (Å²) in [5.41, 5.74) is 1.54. The van der Waals surface area contributed by atoms with Crippen LogP contribution in [-0.4, -0.2) is 58.8 Å². The van der Waals surface area contributed by atoms with Crippen molar-refractivity contribution >= 4 is 17.7 Å². The third kappa shape index (κ3) is 4.85. The number of amides is 3. The molecule has 1 saturated carbocycles. The van der Waals surface area contributed by atoms with Crippen molar-refractivity contribution in [2.45, 2.75) is 95.9 Å². The van der Waals surface area contributed by atoms with Gasteiger partial charge in [0.15, 0.2) is 0 Å². The molecule has 184 valence electrons. The molecule has 0 radical (unpaired) electrons. The molecule has 4 aliphatic rings. The van der Waals surface area contributed by atoms with Crippen LogP contribution in [-0.2, 0) is 16.1 Å². The van der Waals surface area contributed by atoms with Gasteiger partial charge in [0.2, 0.25) is 11.8 Å². The Balaban J connectivity index is 1.27. The van der Waals surface area contributed by atoms with Gasteiger partial charge < -0.3 is 9.64 Å². The third-order valence-corrected chi connectivity index (χ3v) is 8.20. The summed E-state index contributed by atoms with van der Waals surface area (Å²) in [6.45, 7) is 5.08. The molecule has 0 aromatic heterocycles. The lowest BCUT2D eigenvalue weighted by Crippen LogP contribution is -2.52. The van der Waals surface area contributed by atoms with Crippen molar-refractivity contribution < 1.29 is 19.1 Å². The second-order valence-corrected chi connectivity index (χ2v) is 10.7. The van der Waals surface area contributed by atoms with E-state index in [1.54, 1.807) is 4.90 Å². The van der Waals surface area contributed by atoms with Crippen molar-refractivity contribution in [1.29, 1.82) is 0 Å². The topological polar surface area (TPSA) is 79.0 Å². The average Bonchev–Trinajstić information content (AvgIpc) is 3.12. The molecule has 1 aromatic rings. The lowest BCUT2D eigenvalue weighted by atomic mass is 9.89. The van der Waals surface area contributed by atoms with Crippen LogP contribution in [0.4, 0.5) is 0 Å². The molecule has 3 fully saturated rings. The van der Waals surface area contributed by atoms with E-state index in [0.29, 0.717) is 24.6 Å². The van der Waals surface area contributed by atoms with Crippen LogP contribution in [0.15, 0.2) is 18.2 Å². The molecule has 0 bridgehead atoms. The number of piperidine rings is 1. The van der Waals surface area contributed by atoms with Gasteiger partial charge in [0, 0.05) is 24.6 Å². The Morgan fingerprint density at radius 2 is 1.71 bits per heavy atom. The maximum Gasteiger partial charge on any atom is 0.255 e. The lowest BCUT2D eigenvalue weighted by Gasteiger charge is -2.41. The zero-order valence-electron chi connectivity index (χ0n) is 20.3. The van der Waals surface area contributed by atoms with Crippen LogP contribution in [0.5, 0.6) is 5.75 Å². The zero-order chi connectivity index (χ0) is 23.7. The van der Waals surface area contributed by atoms with Crippen molar-refractivity contribution in [1.82, 2.24) is 15.1 Å². The van der Waals surface area contributed by atoms with Gasteiger partial charge in [0.25, 0.3) is 5.91 Å². The quantitative estimate of drug-likeness (QED) is 0.684. The van der Waals surface area contributed by atoms with Crippen LogP contribution >= 0.6 is 0 Å². The van der Waals surface area contributed by atoms with E-state index in [1.165, 1.54) is 44.9 Å². The monoisotopic (exact) mass is 467 g/mol. The van der Waals surface area contributed by atoms with Crippen molar-refractivity contribution in [3.05, 3.63) is 29.3 Å². The lowest BCUT2D eigenvalue weighted by molar-refractivity contribution is -0.136. The van der Waals surface area contributed by atoms with E-state index in [1.807, 2.05) is 18.2 Å². The zero-order valence-corrected chi connectivity index (χ0v) is 20.3. The van der Waals surface area contributed by atoms with Gasteiger partial charge in [-0.2, -0.15) is 0 Å². The van der Waals surface area contributed by atoms with Crippen LogP contribution in [0.2, 0.25) is 0 Å². The first-order valence-electron chi connectivity index (χ1n) is 13.2. The number of nitrogens with zero attached hydrogens (tertiary/aromatic N) is 2. The van der Waals surface area contributed by atoms with Crippen LogP contribution < -0.4 is 10.1 Å². The van der Waals surface area contributed by atoms with Gasteiger partial charge >= 0.3 is 0 Å². The summed E-state index contributed by atoms with van der Waals surface area (Å²) in [5, 5.41) is 2.36. The minimum absolute atomic E-state index is 0.138. The number of imide groups is 1.